The van der Waals surface area contributed by atoms with Crippen molar-refractivity contribution < 1.29 is 4.79 Å². The van der Waals surface area contributed by atoms with E-state index in [0.717, 1.165) is 45.0 Å². The predicted octanol–water partition coefficient (Wildman–Crippen LogP) is 7.14. The van der Waals surface area contributed by atoms with Crippen LogP contribution in [0.3, 0.4) is 0 Å². The molecule has 1 aliphatic heterocycles. The van der Waals surface area contributed by atoms with Crippen molar-refractivity contribution in [2.75, 3.05) is 5.32 Å². The topological polar surface area (TPSA) is 29.1 Å². The third-order valence-electron chi connectivity index (χ3n) is 6.14. The number of rotatable bonds is 3. The largest absolute Gasteiger partial charge is 0.354 e. The lowest BCUT2D eigenvalue weighted by Gasteiger charge is -2.18. The minimum absolute atomic E-state index is 0.0631. The number of carbonyl (C=O) groups is 1. The van der Waals surface area contributed by atoms with Crippen LogP contribution in [0.1, 0.15) is 37.9 Å². The highest BCUT2D eigenvalue weighted by atomic mass is 32.2. The van der Waals surface area contributed by atoms with Crippen molar-refractivity contribution in [1.82, 2.24) is 0 Å². The smallest absolute Gasteiger partial charge is 0.193 e. The summed E-state index contributed by atoms with van der Waals surface area (Å²) in [5.41, 5.74) is 8.36. The summed E-state index contributed by atoms with van der Waals surface area (Å²) in [5, 5.41) is 3.53. The summed E-state index contributed by atoms with van der Waals surface area (Å²) >= 11 is 1.75. The third-order valence-corrected chi connectivity index (χ3v) is 7.50. The lowest BCUT2D eigenvalue weighted by Crippen LogP contribution is -2.07. The zero-order valence-corrected chi connectivity index (χ0v) is 18.2. The minimum Gasteiger partial charge on any atom is -0.354 e. The number of carbonyl (C=O) groups excluding carboxylic acids is 1. The molecule has 2 nitrogen and oxygen atoms in total. The van der Waals surface area contributed by atoms with Gasteiger partial charge < -0.3 is 5.32 Å². The molecule has 6 rings (SSSR count). The average Bonchev–Trinajstić information content (AvgIpc) is 3.00. The van der Waals surface area contributed by atoms with Crippen LogP contribution in [0.2, 0.25) is 0 Å². The van der Waals surface area contributed by atoms with E-state index in [-0.39, 0.29) is 11.0 Å². The van der Waals surface area contributed by atoms with Crippen LogP contribution in [0.15, 0.2) is 114 Å². The molecule has 0 radical (unpaired) electrons. The van der Waals surface area contributed by atoms with Crippen molar-refractivity contribution in [1.29, 1.82) is 0 Å². The van der Waals surface area contributed by atoms with Gasteiger partial charge in [-0.05, 0) is 35.2 Å². The second kappa shape index (κ2) is 7.85. The molecule has 0 bridgehead atoms. The van der Waals surface area contributed by atoms with Gasteiger partial charge in [0.1, 0.15) is 0 Å². The van der Waals surface area contributed by atoms with E-state index >= 15 is 0 Å². The van der Waals surface area contributed by atoms with Crippen molar-refractivity contribution in [3.63, 3.8) is 0 Å². The van der Waals surface area contributed by atoms with Crippen molar-refractivity contribution in [2.24, 2.45) is 0 Å². The molecule has 0 unspecified atom stereocenters. The summed E-state index contributed by atoms with van der Waals surface area (Å²) in [7, 11) is 0. The zero-order valence-electron chi connectivity index (χ0n) is 17.4. The molecule has 1 N–H and O–H groups in total. The normalized spacial score (nSPS) is 16.6. The quantitative estimate of drug-likeness (QED) is 0.374. The SMILES string of the molecule is O=C1C2=C(Nc3ccccc3S[C@H]2c2ccc(Cc3ccccc3)cc2)c2ccccc21. The van der Waals surface area contributed by atoms with Crippen LogP contribution in [-0.4, -0.2) is 5.78 Å². The van der Waals surface area contributed by atoms with Crippen LogP contribution in [0.4, 0.5) is 5.69 Å². The number of hydrogen-bond donors (Lipinski definition) is 1. The van der Waals surface area contributed by atoms with Crippen LogP contribution in [0.25, 0.3) is 5.70 Å². The van der Waals surface area contributed by atoms with Gasteiger partial charge in [-0.15, -0.1) is 11.8 Å². The second-order valence-electron chi connectivity index (χ2n) is 8.19. The first-order valence-electron chi connectivity index (χ1n) is 10.8. The standard InChI is InChI=1S/C29H21NOS/c31-28-23-11-5-4-10-22(23)27-26(28)29(32-25-13-7-6-12-24(25)30-27)21-16-14-20(15-17-21)18-19-8-2-1-3-9-19/h1-17,29-30H,18H2/t29-/m0/s1. The maximum Gasteiger partial charge on any atom is 0.193 e. The summed E-state index contributed by atoms with van der Waals surface area (Å²) < 4.78 is 0. The van der Waals surface area contributed by atoms with E-state index in [9.17, 15) is 4.79 Å². The predicted molar refractivity (Wildman–Crippen MR) is 132 cm³/mol. The molecule has 154 valence electrons. The van der Waals surface area contributed by atoms with Crippen molar-refractivity contribution in [3.8, 4) is 0 Å². The number of thioether (sulfide) groups is 1. The monoisotopic (exact) mass is 431 g/mol. The Hall–Kier alpha value is -3.56. The molecule has 0 fully saturated rings. The molecule has 0 spiro atoms. The minimum atomic E-state index is -0.0631. The van der Waals surface area contributed by atoms with E-state index < -0.39 is 0 Å². The Morgan fingerprint density at radius 2 is 1.34 bits per heavy atom. The van der Waals surface area contributed by atoms with Crippen LogP contribution >= 0.6 is 11.8 Å². The Kier molecular flexibility index (Phi) is 4.70. The molecule has 1 heterocycles. The Morgan fingerprint density at radius 1 is 0.688 bits per heavy atom. The van der Waals surface area contributed by atoms with E-state index in [0.29, 0.717) is 0 Å². The van der Waals surface area contributed by atoms with Crippen molar-refractivity contribution >= 4 is 28.9 Å². The average molecular weight is 432 g/mol. The van der Waals surface area contributed by atoms with Crippen LogP contribution in [-0.2, 0) is 6.42 Å². The van der Waals surface area contributed by atoms with Gasteiger partial charge in [0.25, 0.3) is 0 Å². The van der Waals surface area contributed by atoms with Crippen LogP contribution in [0, 0.1) is 0 Å². The summed E-state index contributed by atoms with van der Waals surface area (Å²) in [6.07, 6.45) is 0.904. The number of hydrogen-bond acceptors (Lipinski definition) is 3. The molecular formula is C29H21NOS. The number of para-hydroxylation sites is 1. The van der Waals surface area contributed by atoms with Gasteiger partial charge in [-0.3, -0.25) is 4.79 Å². The Balaban J connectivity index is 1.42. The fraction of sp³-hybridized carbons (Fsp3) is 0.0690. The Labute approximate surface area is 192 Å². The lowest BCUT2D eigenvalue weighted by atomic mass is 9.98. The van der Waals surface area contributed by atoms with Gasteiger partial charge in [0.2, 0.25) is 0 Å². The lowest BCUT2D eigenvalue weighted by molar-refractivity contribution is 0.103. The van der Waals surface area contributed by atoms with Crippen LogP contribution < -0.4 is 5.32 Å². The van der Waals surface area contributed by atoms with Gasteiger partial charge in [0, 0.05) is 21.6 Å². The first-order chi connectivity index (χ1) is 15.8. The molecular weight excluding hydrogens is 410 g/mol. The summed E-state index contributed by atoms with van der Waals surface area (Å²) in [6, 6.07) is 35.5. The Bertz CT molecular complexity index is 1360. The molecule has 32 heavy (non-hydrogen) atoms. The first kappa shape index (κ1) is 19.1. The summed E-state index contributed by atoms with van der Waals surface area (Å²) in [6.45, 7) is 0. The third kappa shape index (κ3) is 3.26. The van der Waals surface area contributed by atoms with Gasteiger partial charge in [-0.25, -0.2) is 0 Å². The molecule has 2 aliphatic rings. The van der Waals surface area contributed by atoms with Crippen LogP contribution in [0.5, 0.6) is 0 Å². The van der Waals surface area contributed by atoms with Gasteiger partial charge in [-0.1, -0.05) is 91.0 Å². The molecule has 0 aromatic heterocycles. The number of nitrogens with one attached hydrogen (secondary N) is 1. The molecule has 1 atom stereocenters. The number of fused-ring (bicyclic) bond motifs is 3. The first-order valence-corrected chi connectivity index (χ1v) is 11.7. The molecule has 0 saturated heterocycles. The zero-order chi connectivity index (χ0) is 21.5. The van der Waals surface area contributed by atoms with Gasteiger partial charge in [-0.2, -0.15) is 0 Å². The highest BCUT2D eigenvalue weighted by molar-refractivity contribution is 8.00. The molecule has 4 aromatic carbocycles. The van der Waals surface area contributed by atoms with Crippen molar-refractivity contribution in [2.45, 2.75) is 16.6 Å². The molecule has 0 amide bonds. The molecule has 0 saturated carbocycles. The van der Waals surface area contributed by atoms with Gasteiger partial charge in [0.05, 0.1) is 16.6 Å². The number of anilines is 1. The van der Waals surface area contributed by atoms with Gasteiger partial charge in [0.15, 0.2) is 5.78 Å². The van der Waals surface area contributed by atoms with E-state index in [4.69, 9.17) is 0 Å². The van der Waals surface area contributed by atoms with Gasteiger partial charge >= 0.3 is 0 Å². The highest BCUT2D eigenvalue weighted by Gasteiger charge is 2.37. The van der Waals surface area contributed by atoms with E-state index in [1.54, 1.807) is 11.8 Å². The maximum absolute atomic E-state index is 13.5. The summed E-state index contributed by atoms with van der Waals surface area (Å²) in [5.74, 6) is 0.127. The highest BCUT2D eigenvalue weighted by Crippen LogP contribution is 2.52. The number of benzene rings is 4. The maximum atomic E-state index is 13.5. The summed E-state index contributed by atoms with van der Waals surface area (Å²) in [4.78, 5) is 14.7. The molecule has 4 aromatic rings. The number of ketones is 1. The second-order valence-corrected chi connectivity index (χ2v) is 9.33. The fourth-order valence-electron chi connectivity index (χ4n) is 4.56. The Morgan fingerprint density at radius 3 is 2.16 bits per heavy atom. The molecule has 3 heteroatoms. The number of Topliss-reactive ketones (excluding diaryl/α,β-unsaturated/α-hetero) is 1. The molecule has 1 aliphatic carbocycles. The fourth-order valence-corrected chi connectivity index (χ4v) is 5.85. The van der Waals surface area contributed by atoms with E-state index in [1.807, 2.05) is 36.4 Å². The van der Waals surface area contributed by atoms with E-state index in [2.05, 4.69) is 72.0 Å². The van der Waals surface area contributed by atoms with Crippen molar-refractivity contribution in [3.05, 3.63) is 137 Å². The van der Waals surface area contributed by atoms with E-state index in [1.165, 1.54) is 11.1 Å².